The standard InChI is InChI=1S/C11H16N2O3/c1-16-6-2-5-13-10-4-3-8(11(14)15)7-9(10)12/h3-4,7,13H,2,5-6,12H2,1H3,(H,14,15). The molecule has 0 aromatic heterocycles. The summed E-state index contributed by atoms with van der Waals surface area (Å²) in [5, 5.41) is 11.9. The normalized spacial score (nSPS) is 10.1. The van der Waals surface area contributed by atoms with Crippen molar-refractivity contribution in [2.75, 3.05) is 31.3 Å². The first-order valence-electron chi connectivity index (χ1n) is 5.00. The van der Waals surface area contributed by atoms with Crippen LogP contribution in [-0.2, 0) is 4.74 Å². The van der Waals surface area contributed by atoms with E-state index in [9.17, 15) is 4.79 Å². The van der Waals surface area contributed by atoms with Gasteiger partial charge in [0.2, 0.25) is 0 Å². The van der Waals surface area contributed by atoms with Gasteiger partial charge in [0.25, 0.3) is 0 Å². The van der Waals surface area contributed by atoms with Crippen LogP contribution in [0.15, 0.2) is 18.2 Å². The lowest BCUT2D eigenvalue weighted by Crippen LogP contribution is -2.07. The van der Waals surface area contributed by atoms with Gasteiger partial charge in [-0.05, 0) is 24.6 Å². The average Bonchev–Trinajstić information content (AvgIpc) is 2.26. The lowest BCUT2D eigenvalue weighted by atomic mass is 10.1. The molecule has 0 bridgehead atoms. The van der Waals surface area contributed by atoms with Crippen molar-refractivity contribution in [3.63, 3.8) is 0 Å². The van der Waals surface area contributed by atoms with Crippen molar-refractivity contribution in [2.45, 2.75) is 6.42 Å². The largest absolute Gasteiger partial charge is 0.478 e. The van der Waals surface area contributed by atoms with Crippen LogP contribution in [0, 0.1) is 0 Å². The number of nitrogens with two attached hydrogens (primary N) is 1. The molecule has 16 heavy (non-hydrogen) atoms. The van der Waals surface area contributed by atoms with E-state index in [0.717, 1.165) is 18.7 Å². The van der Waals surface area contributed by atoms with Gasteiger partial charge in [-0.15, -0.1) is 0 Å². The minimum atomic E-state index is -0.974. The fourth-order valence-corrected chi connectivity index (χ4v) is 1.30. The first kappa shape index (κ1) is 12.3. The van der Waals surface area contributed by atoms with Crippen molar-refractivity contribution in [2.24, 2.45) is 0 Å². The van der Waals surface area contributed by atoms with Gasteiger partial charge in [-0.3, -0.25) is 0 Å². The summed E-state index contributed by atoms with van der Waals surface area (Å²) in [6.45, 7) is 1.42. The van der Waals surface area contributed by atoms with E-state index in [1.807, 2.05) is 0 Å². The molecule has 1 aromatic carbocycles. The zero-order valence-electron chi connectivity index (χ0n) is 9.19. The second-order valence-corrected chi connectivity index (χ2v) is 3.38. The summed E-state index contributed by atoms with van der Waals surface area (Å²) >= 11 is 0. The Morgan fingerprint density at radius 1 is 1.56 bits per heavy atom. The third-order valence-corrected chi connectivity index (χ3v) is 2.14. The number of benzene rings is 1. The van der Waals surface area contributed by atoms with E-state index in [-0.39, 0.29) is 5.56 Å². The van der Waals surface area contributed by atoms with Crippen molar-refractivity contribution in [3.8, 4) is 0 Å². The molecule has 88 valence electrons. The molecule has 4 N–H and O–H groups in total. The highest BCUT2D eigenvalue weighted by Gasteiger charge is 2.05. The molecule has 0 spiro atoms. The molecule has 1 aromatic rings. The number of carboxylic acid groups (broad SMARTS) is 1. The van der Waals surface area contributed by atoms with E-state index < -0.39 is 5.97 Å². The summed E-state index contributed by atoms with van der Waals surface area (Å²) in [5.41, 5.74) is 7.10. The summed E-state index contributed by atoms with van der Waals surface area (Å²) in [6, 6.07) is 4.64. The summed E-state index contributed by atoms with van der Waals surface area (Å²) < 4.78 is 4.91. The number of nitrogen functional groups attached to an aromatic ring is 1. The smallest absolute Gasteiger partial charge is 0.335 e. The van der Waals surface area contributed by atoms with Gasteiger partial charge in [0.1, 0.15) is 0 Å². The van der Waals surface area contributed by atoms with Crippen LogP contribution < -0.4 is 11.1 Å². The van der Waals surface area contributed by atoms with E-state index in [1.54, 1.807) is 13.2 Å². The molecule has 0 saturated carbocycles. The van der Waals surface area contributed by atoms with Crippen LogP contribution in [0.5, 0.6) is 0 Å². The number of nitrogens with one attached hydrogen (secondary N) is 1. The molecule has 0 saturated heterocycles. The third-order valence-electron chi connectivity index (χ3n) is 2.14. The quantitative estimate of drug-likeness (QED) is 0.502. The highest BCUT2D eigenvalue weighted by molar-refractivity contribution is 5.90. The monoisotopic (exact) mass is 224 g/mol. The number of anilines is 2. The summed E-state index contributed by atoms with van der Waals surface area (Å²) in [7, 11) is 1.65. The predicted molar refractivity (Wildman–Crippen MR) is 62.8 cm³/mol. The second kappa shape index (κ2) is 5.97. The van der Waals surface area contributed by atoms with Gasteiger partial charge in [-0.2, -0.15) is 0 Å². The zero-order chi connectivity index (χ0) is 12.0. The minimum Gasteiger partial charge on any atom is -0.478 e. The van der Waals surface area contributed by atoms with Crippen LogP contribution in [0.1, 0.15) is 16.8 Å². The number of hydrogen-bond acceptors (Lipinski definition) is 4. The second-order valence-electron chi connectivity index (χ2n) is 3.38. The predicted octanol–water partition coefficient (Wildman–Crippen LogP) is 1.42. The molecule has 1 rings (SSSR count). The first-order valence-corrected chi connectivity index (χ1v) is 5.00. The Labute approximate surface area is 94.2 Å². The molecule has 0 radical (unpaired) electrons. The molecule has 0 aliphatic carbocycles. The number of carboxylic acids is 1. The van der Waals surface area contributed by atoms with E-state index >= 15 is 0 Å². The number of rotatable bonds is 6. The summed E-state index contributed by atoms with van der Waals surface area (Å²) in [6.07, 6.45) is 0.872. The van der Waals surface area contributed by atoms with Crippen molar-refractivity contribution in [3.05, 3.63) is 23.8 Å². The number of hydrogen-bond donors (Lipinski definition) is 3. The Morgan fingerprint density at radius 3 is 2.88 bits per heavy atom. The topological polar surface area (TPSA) is 84.6 Å². The van der Waals surface area contributed by atoms with Gasteiger partial charge in [0, 0.05) is 20.3 Å². The maximum absolute atomic E-state index is 10.7. The van der Waals surface area contributed by atoms with Crippen molar-refractivity contribution >= 4 is 17.3 Å². The number of methoxy groups -OCH3 is 1. The van der Waals surface area contributed by atoms with E-state index in [1.165, 1.54) is 12.1 Å². The Morgan fingerprint density at radius 2 is 2.31 bits per heavy atom. The lowest BCUT2D eigenvalue weighted by Gasteiger charge is -2.09. The maximum Gasteiger partial charge on any atom is 0.335 e. The van der Waals surface area contributed by atoms with Crippen LogP contribution in [0.2, 0.25) is 0 Å². The minimum absolute atomic E-state index is 0.194. The van der Waals surface area contributed by atoms with Gasteiger partial charge in [-0.25, -0.2) is 4.79 Å². The van der Waals surface area contributed by atoms with Gasteiger partial charge < -0.3 is 20.9 Å². The summed E-state index contributed by atoms with van der Waals surface area (Å²) in [4.78, 5) is 10.7. The molecular formula is C11H16N2O3. The van der Waals surface area contributed by atoms with E-state index in [2.05, 4.69) is 5.32 Å². The lowest BCUT2D eigenvalue weighted by molar-refractivity contribution is 0.0697. The van der Waals surface area contributed by atoms with Crippen LogP contribution in [0.3, 0.4) is 0 Å². The van der Waals surface area contributed by atoms with Crippen LogP contribution in [-0.4, -0.2) is 31.3 Å². The SMILES string of the molecule is COCCCNc1ccc(C(=O)O)cc1N. The molecular weight excluding hydrogens is 208 g/mol. The molecule has 0 amide bonds. The highest BCUT2D eigenvalue weighted by atomic mass is 16.5. The van der Waals surface area contributed by atoms with Crippen molar-refractivity contribution < 1.29 is 14.6 Å². The summed E-state index contributed by atoms with van der Waals surface area (Å²) in [5.74, 6) is -0.974. The van der Waals surface area contributed by atoms with Gasteiger partial charge in [-0.1, -0.05) is 0 Å². The number of aromatic carboxylic acids is 1. The molecule has 0 unspecified atom stereocenters. The van der Waals surface area contributed by atoms with Crippen LogP contribution in [0.25, 0.3) is 0 Å². The van der Waals surface area contributed by atoms with E-state index in [0.29, 0.717) is 12.3 Å². The molecule has 0 atom stereocenters. The van der Waals surface area contributed by atoms with Gasteiger partial charge >= 0.3 is 5.97 Å². The van der Waals surface area contributed by atoms with Crippen molar-refractivity contribution in [1.82, 2.24) is 0 Å². The molecule has 0 heterocycles. The number of ether oxygens (including phenoxy) is 1. The Balaban J connectivity index is 2.57. The Kier molecular flexibility index (Phi) is 4.60. The van der Waals surface area contributed by atoms with Crippen LogP contribution >= 0.6 is 0 Å². The molecule has 0 fully saturated rings. The van der Waals surface area contributed by atoms with E-state index in [4.69, 9.17) is 15.6 Å². The van der Waals surface area contributed by atoms with Gasteiger partial charge in [0.05, 0.1) is 16.9 Å². The van der Waals surface area contributed by atoms with Crippen LogP contribution in [0.4, 0.5) is 11.4 Å². The van der Waals surface area contributed by atoms with Gasteiger partial charge in [0.15, 0.2) is 0 Å². The molecule has 0 aliphatic rings. The fraction of sp³-hybridized carbons (Fsp3) is 0.364. The Hall–Kier alpha value is -1.75. The molecule has 0 aliphatic heterocycles. The highest BCUT2D eigenvalue weighted by Crippen LogP contribution is 2.19. The Bertz CT molecular complexity index is 366. The molecule has 5 nitrogen and oxygen atoms in total. The molecule has 5 heteroatoms. The fourth-order valence-electron chi connectivity index (χ4n) is 1.30. The maximum atomic E-state index is 10.7. The zero-order valence-corrected chi connectivity index (χ0v) is 9.19. The first-order chi connectivity index (χ1) is 7.65. The third kappa shape index (κ3) is 3.43. The number of carbonyl (C=O) groups is 1. The average molecular weight is 224 g/mol. The van der Waals surface area contributed by atoms with Crippen molar-refractivity contribution in [1.29, 1.82) is 0 Å².